The Labute approximate surface area is 120 Å². The Kier molecular flexibility index (Phi) is 4.81. The minimum Gasteiger partial charge on any atom is -0.497 e. The lowest BCUT2D eigenvalue weighted by atomic mass is 10.1. The van der Waals surface area contributed by atoms with Gasteiger partial charge in [0.15, 0.2) is 15.6 Å². The van der Waals surface area contributed by atoms with Crippen molar-refractivity contribution in [2.24, 2.45) is 0 Å². The summed E-state index contributed by atoms with van der Waals surface area (Å²) < 4.78 is 28.1. The number of nitrogen functional groups attached to an aromatic ring is 1. The molecule has 0 aliphatic rings. The number of benzene rings is 1. The van der Waals surface area contributed by atoms with Crippen LogP contribution < -0.4 is 10.5 Å². The fourth-order valence-electron chi connectivity index (χ4n) is 1.57. The van der Waals surface area contributed by atoms with E-state index in [4.69, 9.17) is 10.5 Å². The summed E-state index contributed by atoms with van der Waals surface area (Å²) in [5.74, 6) is 0.0295. The van der Waals surface area contributed by atoms with Crippen LogP contribution in [0.5, 0.6) is 5.75 Å². The Morgan fingerprint density at radius 1 is 1.30 bits per heavy atom. The van der Waals surface area contributed by atoms with Gasteiger partial charge in [0.1, 0.15) is 5.75 Å². The van der Waals surface area contributed by atoms with E-state index < -0.39 is 14.6 Å². The highest BCUT2D eigenvalue weighted by atomic mass is 32.2. The van der Waals surface area contributed by atoms with Crippen molar-refractivity contribution in [2.75, 3.05) is 18.6 Å². The number of sulfone groups is 1. The highest BCUT2D eigenvalue weighted by molar-refractivity contribution is 7.92. The highest BCUT2D eigenvalue weighted by Crippen LogP contribution is 2.22. The van der Waals surface area contributed by atoms with Gasteiger partial charge in [-0.1, -0.05) is 0 Å². The molecule has 0 amide bonds. The molecule has 0 saturated heterocycles. The quantitative estimate of drug-likeness (QED) is 0.664. The van der Waals surface area contributed by atoms with Crippen molar-refractivity contribution in [1.29, 1.82) is 0 Å². The first-order chi connectivity index (χ1) is 9.08. The number of methoxy groups -OCH3 is 1. The van der Waals surface area contributed by atoms with E-state index >= 15 is 0 Å². The van der Waals surface area contributed by atoms with Gasteiger partial charge in [-0.2, -0.15) is 0 Å². The van der Waals surface area contributed by atoms with Crippen molar-refractivity contribution in [2.45, 2.75) is 31.9 Å². The molecule has 0 heterocycles. The Morgan fingerprint density at radius 2 is 1.90 bits per heavy atom. The molecule has 0 radical (unpaired) electrons. The molecule has 0 fully saturated rings. The molecule has 6 heteroatoms. The molecule has 0 aliphatic carbocycles. The summed E-state index contributed by atoms with van der Waals surface area (Å²) in [7, 11) is -1.83. The van der Waals surface area contributed by atoms with E-state index in [2.05, 4.69) is 0 Å². The first-order valence-corrected chi connectivity index (χ1v) is 7.93. The van der Waals surface area contributed by atoms with Crippen molar-refractivity contribution < 1.29 is 17.9 Å². The number of rotatable bonds is 5. The molecule has 1 rings (SSSR count). The first kappa shape index (κ1) is 16.5. The lowest BCUT2D eigenvalue weighted by Gasteiger charge is -2.18. The minimum absolute atomic E-state index is 0.0863. The van der Waals surface area contributed by atoms with Gasteiger partial charge in [-0.15, -0.1) is 0 Å². The van der Waals surface area contributed by atoms with E-state index in [-0.39, 0.29) is 18.0 Å². The number of nitrogens with two attached hydrogens (primary N) is 1. The Morgan fingerprint density at radius 3 is 2.40 bits per heavy atom. The van der Waals surface area contributed by atoms with Crippen LogP contribution in [0.3, 0.4) is 0 Å². The largest absolute Gasteiger partial charge is 0.497 e. The van der Waals surface area contributed by atoms with Crippen LogP contribution in [0.1, 0.15) is 37.6 Å². The van der Waals surface area contributed by atoms with Gasteiger partial charge in [0.05, 0.1) is 17.6 Å². The van der Waals surface area contributed by atoms with Gasteiger partial charge in [0, 0.05) is 17.7 Å². The summed E-state index contributed by atoms with van der Waals surface area (Å²) in [5, 5.41) is 0. The molecule has 0 spiro atoms. The summed E-state index contributed by atoms with van der Waals surface area (Å²) >= 11 is 0. The third-order valence-electron chi connectivity index (χ3n) is 3.09. The first-order valence-electron chi connectivity index (χ1n) is 6.27. The lowest BCUT2D eigenvalue weighted by molar-refractivity contribution is 0.0989. The van der Waals surface area contributed by atoms with Crippen molar-refractivity contribution in [3.8, 4) is 5.75 Å². The zero-order valence-corrected chi connectivity index (χ0v) is 13.1. The van der Waals surface area contributed by atoms with Crippen molar-refractivity contribution in [3.63, 3.8) is 0 Å². The fraction of sp³-hybridized carbons (Fsp3) is 0.500. The Bertz CT molecular complexity index is 600. The molecule has 0 saturated carbocycles. The number of ether oxygens (including phenoxy) is 1. The van der Waals surface area contributed by atoms with E-state index in [9.17, 15) is 13.2 Å². The molecular weight excluding hydrogens is 278 g/mol. The van der Waals surface area contributed by atoms with Crippen LogP contribution in [0.4, 0.5) is 5.69 Å². The number of ketones is 1. The van der Waals surface area contributed by atoms with Gasteiger partial charge in [-0.05, 0) is 39.0 Å². The van der Waals surface area contributed by atoms with E-state index in [1.807, 2.05) is 0 Å². The zero-order chi connectivity index (χ0) is 15.6. The highest BCUT2D eigenvalue weighted by Gasteiger charge is 2.29. The maximum Gasteiger partial charge on any atom is 0.166 e. The number of anilines is 1. The second kappa shape index (κ2) is 5.83. The molecule has 0 aromatic heterocycles. The molecule has 0 aliphatic heterocycles. The summed E-state index contributed by atoms with van der Waals surface area (Å²) in [6.07, 6.45) is -0.0863. The number of hydrogen-bond acceptors (Lipinski definition) is 5. The van der Waals surface area contributed by atoms with Gasteiger partial charge in [-0.25, -0.2) is 8.42 Å². The second-order valence-corrected chi connectivity index (χ2v) is 8.42. The van der Waals surface area contributed by atoms with E-state index in [1.165, 1.54) is 13.2 Å². The van der Waals surface area contributed by atoms with Crippen molar-refractivity contribution in [1.82, 2.24) is 0 Å². The van der Waals surface area contributed by atoms with Gasteiger partial charge in [0.25, 0.3) is 0 Å². The predicted molar refractivity (Wildman–Crippen MR) is 79.9 cm³/mol. The third kappa shape index (κ3) is 3.72. The number of carbonyl (C=O) groups excluding carboxylic acids is 1. The summed E-state index contributed by atoms with van der Waals surface area (Å²) in [6, 6.07) is 4.75. The molecule has 0 bridgehead atoms. The van der Waals surface area contributed by atoms with Gasteiger partial charge < -0.3 is 10.5 Å². The molecule has 1 aromatic rings. The summed E-state index contributed by atoms with van der Waals surface area (Å²) in [6.45, 7) is 4.85. The fourth-order valence-corrected chi connectivity index (χ4v) is 2.64. The minimum atomic E-state index is -3.32. The van der Waals surface area contributed by atoms with E-state index in [0.717, 1.165) is 0 Å². The van der Waals surface area contributed by atoms with Crippen LogP contribution in [-0.2, 0) is 9.84 Å². The zero-order valence-electron chi connectivity index (χ0n) is 12.3. The number of Topliss-reactive ketones (excluding diaryl/α,β-unsaturated/α-hetero) is 1. The number of carbonyl (C=O) groups is 1. The Hall–Kier alpha value is -1.56. The molecule has 20 heavy (non-hydrogen) atoms. The van der Waals surface area contributed by atoms with E-state index in [0.29, 0.717) is 17.0 Å². The van der Waals surface area contributed by atoms with Crippen LogP contribution in [0.2, 0.25) is 0 Å². The van der Waals surface area contributed by atoms with Gasteiger partial charge in [0.2, 0.25) is 0 Å². The maximum atomic E-state index is 12.1. The van der Waals surface area contributed by atoms with Gasteiger partial charge in [-0.3, -0.25) is 4.79 Å². The molecule has 2 N–H and O–H groups in total. The summed E-state index contributed by atoms with van der Waals surface area (Å²) in [5.41, 5.74) is 6.37. The standard InChI is InChI=1S/C14H21NO4S/c1-14(2,3)20(17,18)8-7-13(16)11-9-10(19-4)5-6-12(11)15/h5-6,9H,7-8,15H2,1-4H3. The average molecular weight is 299 g/mol. The van der Waals surface area contributed by atoms with Crippen molar-refractivity contribution in [3.05, 3.63) is 23.8 Å². The third-order valence-corrected chi connectivity index (χ3v) is 5.70. The monoisotopic (exact) mass is 299 g/mol. The molecule has 0 atom stereocenters. The average Bonchev–Trinajstić information content (AvgIpc) is 2.35. The summed E-state index contributed by atoms with van der Waals surface area (Å²) in [4.78, 5) is 12.1. The molecule has 112 valence electrons. The molecule has 1 aromatic carbocycles. The normalized spacial score (nSPS) is 12.2. The van der Waals surface area contributed by atoms with Crippen LogP contribution in [0.15, 0.2) is 18.2 Å². The Balaban J connectivity index is 2.88. The molecular formula is C14H21NO4S. The van der Waals surface area contributed by atoms with Crippen LogP contribution >= 0.6 is 0 Å². The van der Waals surface area contributed by atoms with Crippen molar-refractivity contribution >= 4 is 21.3 Å². The predicted octanol–water partition coefficient (Wildman–Crippen LogP) is 2.06. The van der Waals surface area contributed by atoms with Crippen LogP contribution in [-0.4, -0.2) is 31.8 Å². The molecule has 5 nitrogen and oxygen atoms in total. The lowest BCUT2D eigenvalue weighted by Crippen LogP contribution is -2.31. The number of hydrogen-bond donors (Lipinski definition) is 1. The maximum absolute atomic E-state index is 12.1. The van der Waals surface area contributed by atoms with E-state index in [1.54, 1.807) is 32.9 Å². The smallest absolute Gasteiger partial charge is 0.166 e. The van der Waals surface area contributed by atoms with Crippen LogP contribution in [0.25, 0.3) is 0 Å². The second-order valence-electron chi connectivity index (χ2n) is 5.56. The SMILES string of the molecule is COc1ccc(N)c(C(=O)CCS(=O)(=O)C(C)(C)C)c1. The molecule has 0 unspecified atom stereocenters. The van der Waals surface area contributed by atoms with Gasteiger partial charge >= 0.3 is 0 Å². The van der Waals surface area contributed by atoms with Crippen LogP contribution in [0, 0.1) is 0 Å². The topological polar surface area (TPSA) is 86.5 Å².